The van der Waals surface area contributed by atoms with Crippen LogP contribution in [0.5, 0.6) is 0 Å². The largest absolute Gasteiger partial charge is 0.332 e. The molecule has 1 heterocycles. The van der Waals surface area contributed by atoms with E-state index >= 15 is 0 Å². The number of thiocarbonyl (C=S) groups is 1. The molecule has 0 amide bonds. The van der Waals surface area contributed by atoms with Gasteiger partial charge in [-0.25, -0.2) is 4.39 Å². The lowest BCUT2D eigenvalue weighted by Crippen LogP contribution is -2.40. The Morgan fingerprint density at radius 3 is 2.74 bits per heavy atom. The van der Waals surface area contributed by atoms with E-state index in [1.165, 1.54) is 12.1 Å². The van der Waals surface area contributed by atoms with Gasteiger partial charge >= 0.3 is 0 Å². The molecule has 4 nitrogen and oxygen atoms in total. The van der Waals surface area contributed by atoms with Gasteiger partial charge in [-0.1, -0.05) is 28.1 Å². The summed E-state index contributed by atoms with van der Waals surface area (Å²) in [4.78, 5) is 6.26. The second-order valence-electron chi connectivity index (χ2n) is 4.93. The molecule has 0 spiro atoms. The Kier molecular flexibility index (Phi) is 4.88. The van der Waals surface area contributed by atoms with Crippen LogP contribution in [0.2, 0.25) is 0 Å². The number of anilines is 2. The van der Waals surface area contributed by atoms with Crippen molar-refractivity contribution in [2.45, 2.75) is 0 Å². The molecule has 0 fully saturated rings. The van der Waals surface area contributed by atoms with Crippen LogP contribution in [0.15, 0.2) is 58.0 Å². The van der Waals surface area contributed by atoms with Gasteiger partial charge in [-0.3, -0.25) is 9.89 Å². The Hall–Kier alpha value is -1.99. The average Bonchev–Trinajstić information content (AvgIpc) is 2.95. The first-order valence-corrected chi connectivity index (χ1v) is 8.23. The van der Waals surface area contributed by atoms with Gasteiger partial charge in [0.25, 0.3) is 0 Å². The van der Waals surface area contributed by atoms with Crippen molar-refractivity contribution in [2.24, 2.45) is 4.99 Å². The first-order valence-electron chi connectivity index (χ1n) is 7.03. The zero-order valence-corrected chi connectivity index (χ0v) is 14.5. The molecule has 0 aliphatic carbocycles. The molecular weight excluding hydrogens is 379 g/mol. The van der Waals surface area contributed by atoms with E-state index < -0.39 is 0 Å². The molecule has 0 saturated heterocycles. The number of benzene rings is 2. The normalized spacial score (nSPS) is 13.7. The minimum atomic E-state index is -0.296. The lowest BCUT2D eigenvalue weighted by molar-refractivity contribution is 0.628. The fourth-order valence-electron chi connectivity index (χ4n) is 2.20. The van der Waals surface area contributed by atoms with Crippen molar-refractivity contribution in [1.82, 2.24) is 4.90 Å². The van der Waals surface area contributed by atoms with Gasteiger partial charge in [0.15, 0.2) is 5.11 Å². The zero-order valence-electron chi connectivity index (χ0n) is 12.1. The highest BCUT2D eigenvalue weighted by Gasteiger charge is 2.21. The summed E-state index contributed by atoms with van der Waals surface area (Å²) >= 11 is 8.89. The highest BCUT2D eigenvalue weighted by molar-refractivity contribution is 9.10. The number of guanidine groups is 1. The summed E-state index contributed by atoms with van der Waals surface area (Å²) in [6, 6.07) is 14.0. The number of rotatable bonds is 2. The second kappa shape index (κ2) is 7.06. The third kappa shape index (κ3) is 4.05. The van der Waals surface area contributed by atoms with Gasteiger partial charge in [0.1, 0.15) is 5.82 Å². The van der Waals surface area contributed by atoms with Crippen LogP contribution in [-0.4, -0.2) is 29.1 Å². The molecule has 1 aliphatic rings. The third-order valence-corrected chi connectivity index (χ3v) is 4.06. The molecular formula is C16H14BrFN4S. The van der Waals surface area contributed by atoms with Gasteiger partial charge < -0.3 is 10.6 Å². The van der Waals surface area contributed by atoms with Crippen molar-refractivity contribution in [3.05, 3.63) is 58.8 Å². The first-order chi connectivity index (χ1) is 11.1. The molecule has 0 saturated carbocycles. The molecule has 0 atom stereocenters. The molecule has 0 aromatic heterocycles. The van der Waals surface area contributed by atoms with Crippen LogP contribution < -0.4 is 10.6 Å². The van der Waals surface area contributed by atoms with E-state index in [0.717, 1.165) is 10.2 Å². The van der Waals surface area contributed by atoms with Crippen LogP contribution in [0.4, 0.5) is 15.8 Å². The molecule has 0 radical (unpaired) electrons. The van der Waals surface area contributed by atoms with Crippen molar-refractivity contribution in [3.63, 3.8) is 0 Å². The van der Waals surface area contributed by atoms with Crippen LogP contribution in [0, 0.1) is 5.82 Å². The molecule has 2 aromatic carbocycles. The molecule has 1 aliphatic heterocycles. The molecule has 0 unspecified atom stereocenters. The van der Waals surface area contributed by atoms with Gasteiger partial charge in [0.2, 0.25) is 5.96 Å². The highest BCUT2D eigenvalue weighted by atomic mass is 79.9. The van der Waals surface area contributed by atoms with E-state index in [0.29, 0.717) is 29.8 Å². The monoisotopic (exact) mass is 392 g/mol. The van der Waals surface area contributed by atoms with Crippen LogP contribution >= 0.6 is 28.1 Å². The van der Waals surface area contributed by atoms with E-state index in [4.69, 9.17) is 12.2 Å². The Labute approximate surface area is 147 Å². The Morgan fingerprint density at radius 2 is 1.96 bits per heavy atom. The zero-order chi connectivity index (χ0) is 16.2. The first kappa shape index (κ1) is 15.9. The van der Waals surface area contributed by atoms with Crippen LogP contribution in [0.1, 0.15) is 0 Å². The Bertz CT molecular complexity index is 765. The summed E-state index contributed by atoms with van der Waals surface area (Å²) in [5.41, 5.74) is 1.53. The second-order valence-corrected chi connectivity index (χ2v) is 6.24. The summed E-state index contributed by atoms with van der Waals surface area (Å²) < 4.78 is 14.3. The number of aliphatic imine (C=N–C) groups is 1. The fourth-order valence-corrected chi connectivity index (χ4v) is 2.90. The van der Waals surface area contributed by atoms with Gasteiger partial charge in [0.05, 0.1) is 6.54 Å². The van der Waals surface area contributed by atoms with E-state index in [2.05, 4.69) is 31.6 Å². The van der Waals surface area contributed by atoms with Crippen molar-refractivity contribution in [2.75, 3.05) is 23.7 Å². The predicted molar refractivity (Wildman–Crippen MR) is 99.4 cm³/mol. The highest BCUT2D eigenvalue weighted by Crippen LogP contribution is 2.17. The molecule has 118 valence electrons. The van der Waals surface area contributed by atoms with Crippen molar-refractivity contribution < 1.29 is 4.39 Å². The van der Waals surface area contributed by atoms with Crippen molar-refractivity contribution >= 4 is 50.6 Å². The van der Waals surface area contributed by atoms with Gasteiger partial charge in [0, 0.05) is 22.4 Å². The Balaban J connectivity index is 1.69. The van der Waals surface area contributed by atoms with E-state index in [-0.39, 0.29) is 5.82 Å². The predicted octanol–water partition coefficient (Wildman–Crippen LogP) is 4.07. The summed E-state index contributed by atoms with van der Waals surface area (Å²) in [7, 11) is 0. The topological polar surface area (TPSA) is 39.7 Å². The maximum Gasteiger partial charge on any atom is 0.204 e. The number of hydrogen-bond acceptors (Lipinski definition) is 3. The SMILES string of the molecule is Fc1cccc(NC2=NCCN2C(=S)Nc2cccc(Br)c2)c1. The number of hydrogen-bond donors (Lipinski definition) is 2. The molecule has 2 aromatic rings. The quantitative estimate of drug-likeness (QED) is 0.755. The van der Waals surface area contributed by atoms with Gasteiger partial charge in [-0.15, -0.1) is 0 Å². The van der Waals surface area contributed by atoms with Gasteiger partial charge in [-0.05, 0) is 48.6 Å². The van der Waals surface area contributed by atoms with Crippen molar-refractivity contribution in [3.8, 4) is 0 Å². The van der Waals surface area contributed by atoms with Crippen LogP contribution in [-0.2, 0) is 0 Å². The number of nitrogens with zero attached hydrogens (tertiary/aromatic N) is 2. The maximum absolute atomic E-state index is 13.3. The number of nitrogens with one attached hydrogen (secondary N) is 2. The summed E-state index contributed by atoms with van der Waals surface area (Å²) in [5, 5.41) is 6.84. The summed E-state index contributed by atoms with van der Waals surface area (Å²) in [6.45, 7) is 1.31. The standard InChI is InChI=1S/C16H14BrFN4S/c17-11-3-1-5-13(9-11)21-16(23)22-8-7-19-15(22)20-14-6-2-4-12(18)10-14/h1-6,9-10H,7-8H2,(H,19,20)(H,21,23). The molecule has 23 heavy (non-hydrogen) atoms. The van der Waals surface area contributed by atoms with E-state index in [9.17, 15) is 4.39 Å². The lowest BCUT2D eigenvalue weighted by atomic mass is 10.3. The molecule has 0 bridgehead atoms. The fraction of sp³-hybridized carbons (Fsp3) is 0.125. The summed E-state index contributed by atoms with van der Waals surface area (Å²) in [5.74, 6) is 0.318. The van der Waals surface area contributed by atoms with E-state index in [1.54, 1.807) is 12.1 Å². The minimum absolute atomic E-state index is 0.296. The minimum Gasteiger partial charge on any atom is -0.332 e. The van der Waals surface area contributed by atoms with E-state index in [1.807, 2.05) is 29.2 Å². The van der Waals surface area contributed by atoms with Gasteiger partial charge in [-0.2, -0.15) is 0 Å². The molecule has 2 N–H and O–H groups in total. The Morgan fingerprint density at radius 1 is 1.17 bits per heavy atom. The van der Waals surface area contributed by atoms with Crippen molar-refractivity contribution in [1.29, 1.82) is 0 Å². The smallest absolute Gasteiger partial charge is 0.204 e. The van der Waals surface area contributed by atoms with Crippen LogP contribution in [0.3, 0.4) is 0 Å². The number of halogens is 2. The molecule has 3 rings (SSSR count). The molecule has 7 heteroatoms. The average molecular weight is 393 g/mol. The maximum atomic E-state index is 13.3. The third-order valence-electron chi connectivity index (χ3n) is 3.24. The summed E-state index contributed by atoms with van der Waals surface area (Å²) in [6.07, 6.45) is 0. The van der Waals surface area contributed by atoms with Crippen LogP contribution in [0.25, 0.3) is 0 Å². The lowest BCUT2D eigenvalue weighted by Gasteiger charge is -2.22.